The number of amides is 4. The van der Waals surface area contributed by atoms with Gasteiger partial charge in [-0.2, -0.15) is 0 Å². The van der Waals surface area contributed by atoms with Crippen LogP contribution in [0.15, 0.2) is 83.1 Å². The summed E-state index contributed by atoms with van der Waals surface area (Å²) in [6, 6.07) is 15.8. The van der Waals surface area contributed by atoms with Crippen LogP contribution in [0.5, 0.6) is 5.75 Å². The Kier molecular flexibility index (Phi) is 5.88. The molecule has 0 spiro atoms. The Morgan fingerprint density at radius 3 is 2.57 bits per heavy atom. The maximum absolute atomic E-state index is 13.1. The van der Waals surface area contributed by atoms with Crippen LogP contribution >= 0.6 is 0 Å². The van der Waals surface area contributed by atoms with E-state index < -0.39 is 17.8 Å². The van der Waals surface area contributed by atoms with Gasteiger partial charge < -0.3 is 13.7 Å². The summed E-state index contributed by atoms with van der Waals surface area (Å²) in [5, 5.41) is 3.05. The molecule has 35 heavy (non-hydrogen) atoms. The van der Waals surface area contributed by atoms with Crippen LogP contribution in [0.1, 0.15) is 11.3 Å². The largest absolute Gasteiger partial charge is 0.492 e. The first-order valence-electron chi connectivity index (χ1n) is 10.9. The number of carbonyl (C=O) groups is 3. The molecule has 0 saturated carbocycles. The lowest BCUT2D eigenvalue weighted by molar-refractivity contribution is -0.130. The van der Waals surface area contributed by atoms with E-state index in [-0.39, 0.29) is 17.9 Å². The number of nitrogens with zero attached hydrogens (tertiary/aromatic N) is 2. The molecule has 176 valence electrons. The molecule has 1 aliphatic rings. The van der Waals surface area contributed by atoms with Gasteiger partial charge >= 0.3 is 6.03 Å². The van der Waals surface area contributed by atoms with E-state index in [1.807, 2.05) is 35.0 Å². The molecule has 0 aliphatic carbocycles. The van der Waals surface area contributed by atoms with E-state index >= 15 is 0 Å². The van der Waals surface area contributed by atoms with Crippen molar-refractivity contribution in [1.82, 2.24) is 14.8 Å². The Hall–Kier alpha value is -4.66. The Morgan fingerprint density at radius 1 is 1.00 bits per heavy atom. The minimum absolute atomic E-state index is 0.0925. The van der Waals surface area contributed by atoms with Gasteiger partial charge in [0.1, 0.15) is 29.5 Å². The van der Waals surface area contributed by atoms with Crippen molar-refractivity contribution >= 4 is 34.8 Å². The average molecular weight is 473 g/mol. The van der Waals surface area contributed by atoms with Crippen LogP contribution in [0.2, 0.25) is 0 Å². The number of ether oxygens (including phenoxy) is 1. The number of carbonyl (C=O) groups excluding carboxylic acids is 3. The summed E-state index contributed by atoms with van der Waals surface area (Å²) >= 11 is 0. The first-order chi connectivity index (χ1) is 17.0. The molecule has 3 heterocycles. The Morgan fingerprint density at radius 2 is 1.80 bits per heavy atom. The van der Waals surface area contributed by atoms with Crippen LogP contribution in [-0.4, -0.2) is 33.9 Å². The number of benzene rings is 2. The van der Waals surface area contributed by atoms with E-state index in [1.165, 1.54) is 24.5 Å². The predicted octanol–water partition coefficient (Wildman–Crippen LogP) is 4.11. The summed E-state index contributed by atoms with van der Waals surface area (Å²) in [5.41, 5.74) is 1.38. The lowest BCUT2D eigenvalue weighted by Crippen LogP contribution is -2.53. The van der Waals surface area contributed by atoms with E-state index in [4.69, 9.17) is 9.15 Å². The van der Waals surface area contributed by atoms with Gasteiger partial charge in [0.05, 0.1) is 19.4 Å². The van der Waals surface area contributed by atoms with Gasteiger partial charge in [-0.25, -0.2) is 9.18 Å². The van der Waals surface area contributed by atoms with Gasteiger partial charge in [-0.15, -0.1) is 0 Å². The quantitative estimate of drug-likeness (QED) is 0.322. The summed E-state index contributed by atoms with van der Waals surface area (Å²) in [6.45, 7) is 0.709. The van der Waals surface area contributed by atoms with Gasteiger partial charge in [-0.1, -0.05) is 18.2 Å². The minimum atomic E-state index is -0.797. The van der Waals surface area contributed by atoms with Gasteiger partial charge in [-0.3, -0.25) is 19.8 Å². The fourth-order valence-electron chi connectivity index (χ4n) is 3.92. The van der Waals surface area contributed by atoms with E-state index in [0.717, 1.165) is 15.8 Å². The lowest BCUT2D eigenvalue weighted by atomic mass is 10.1. The van der Waals surface area contributed by atoms with Crippen LogP contribution < -0.4 is 10.1 Å². The molecule has 0 atom stereocenters. The molecule has 1 N–H and O–H groups in total. The second kappa shape index (κ2) is 9.30. The van der Waals surface area contributed by atoms with Crippen molar-refractivity contribution in [3.8, 4) is 5.75 Å². The topological polar surface area (TPSA) is 93.8 Å². The van der Waals surface area contributed by atoms with E-state index in [9.17, 15) is 18.8 Å². The highest BCUT2D eigenvalue weighted by molar-refractivity contribution is 6.31. The number of nitrogens with one attached hydrogen (secondary N) is 1. The molecule has 5 rings (SSSR count). The van der Waals surface area contributed by atoms with Crippen molar-refractivity contribution in [2.24, 2.45) is 0 Å². The SMILES string of the molecule is O=C1NC(=O)N(Cc2ccco2)C(=O)C1=Cc1cn(CCOc2ccc(F)cc2)c2ccccc12. The number of rotatable bonds is 7. The summed E-state index contributed by atoms with van der Waals surface area (Å²) in [5.74, 6) is -0.827. The molecule has 1 fully saturated rings. The second-order valence-electron chi connectivity index (χ2n) is 7.89. The number of hydrogen-bond donors (Lipinski definition) is 1. The highest BCUT2D eigenvalue weighted by Crippen LogP contribution is 2.25. The van der Waals surface area contributed by atoms with Gasteiger partial charge in [0.25, 0.3) is 11.8 Å². The Balaban J connectivity index is 1.41. The normalized spacial score (nSPS) is 15.2. The van der Waals surface area contributed by atoms with Crippen molar-refractivity contribution in [3.63, 3.8) is 0 Å². The molecule has 0 unspecified atom stereocenters. The molecule has 2 aromatic heterocycles. The third kappa shape index (κ3) is 4.56. The first-order valence-corrected chi connectivity index (χ1v) is 10.9. The number of hydrogen-bond acceptors (Lipinski definition) is 5. The number of halogens is 1. The Bertz CT molecular complexity index is 1440. The summed E-state index contributed by atoms with van der Waals surface area (Å²) in [6.07, 6.45) is 4.75. The monoisotopic (exact) mass is 473 g/mol. The highest BCUT2D eigenvalue weighted by atomic mass is 19.1. The standard InChI is InChI=1S/C26H20FN3O5/c27-18-7-9-19(10-8-18)35-13-11-29-15-17(21-5-1-2-6-23(21)29)14-22-24(31)28-26(33)30(25(22)32)16-20-4-3-12-34-20/h1-10,12,14-15H,11,13,16H2,(H,28,31,33). The van der Waals surface area contributed by atoms with Gasteiger partial charge in [0, 0.05) is 22.7 Å². The summed E-state index contributed by atoms with van der Waals surface area (Å²) in [7, 11) is 0. The third-order valence-corrected chi connectivity index (χ3v) is 5.61. The molecule has 4 aromatic rings. The fourth-order valence-corrected chi connectivity index (χ4v) is 3.92. The number of furan rings is 1. The summed E-state index contributed by atoms with van der Waals surface area (Å²) in [4.78, 5) is 38.8. The lowest BCUT2D eigenvalue weighted by Gasteiger charge is -2.25. The molecule has 8 nitrogen and oxygen atoms in total. The molecule has 0 bridgehead atoms. The van der Waals surface area contributed by atoms with Gasteiger partial charge in [0.2, 0.25) is 0 Å². The third-order valence-electron chi connectivity index (χ3n) is 5.61. The fraction of sp³-hybridized carbons (Fsp3) is 0.115. The molecule has 1 saturated heterocycles. The van der Waals surface area contributed by atoms with E-state index in [0.29, 0.717) is 30.2 Å². The molecular weight excluding hydrogens is 453 g/mol. The minimum Gasteiger partial charge on any atom is -0.492 e. The molecule has 1 aliphatic heterocycles. The number of para-hydroxylation sites is 1. The smallest absolute Gasteiger partial charge is 0.331 e. The molecule has 4 amide bonds. The molecule has 9 heteroatoms. The zero-order valence-corrected chi connectivity index (χ0v) is 18.4. The first kappa shape index (κ1) is 22.1. The van der Waals surface area contributed by atoms with Crippen molar-refractivity contribution < 1.29 is 27.9 Å². The van der Waals surface area contributed by atoms with Crippen LogP contribution in [-0.2, 0) is 22.7 Å². The number of aromatic nitrogens is 1. The zero-order valence-electron chi connectivity index (χ0n) is 18.4. The predicted molar refractivity (Wildman–Crippen MR) is 125 cm³/mol. The van der Waals surface area contributed by atoms with Crippen LogP contribution in [0.4, 0.5) is 9.18 Å². The van der Waals surface area contributed by atoms with Crippen molar-refractivity contribution in [2.75, 3.05) is 6.61 Å². The summed E-state index contributed by atoms with van der Waals surface area (Å²) < 4.78 is 26.0. The van der Waals surface area contributed by atoms with Crippen molar-refractivity contribution in [1.29, 1.82) is 0 Å². The van der Waals surface area contributed by atoms with Gasteiger partial charge in [0.15, 0.2) is 0 Å². The van der Waals surface area contributed by atoms with Crippen LogP contribution in [0.25, 0.3) is 17.0 Å². The molecule has 0 radical (unpaired) electrons. The average Bonchev–Trinajstić information content (AvgIpc) is 3.49. The second-order valence-corrected chi connectivity index (χ2v) is 7.89. The van der Waals surface area contributed by atoms with Crippen LogP contribution in [0, 0.1) is 5.82 Å². The molecular formula is C26H20FN3O5. The van der Waals surface area contributed by atoms with Gasteiger partial charge in [-0.05, 0) is 48.5 Å². The number of urea groups is 1. The number of imide groups is 2. The van der Waals surface area contributed by atoms with E-state index in [2.05, 4.69) is 5.32 Å². The van der Waals surface area contributed by atoms with Crippen LogP contribution in [0.3, 0.4) is 0 Å². The maximum atomic E-state index is 13.1. The Labute approximate surface area is 199 Å². The van der Waals surface area contributed by atoms with Crippen molar-refractivity contribution in [2.45, 2.75) is 13.1 Å². The number of barbiturate groups is 1. The van der Waals surface area contributed by atoms with Crippen molar-refractivity contribution in [3.05, 3.63) is 95.8 Å². The zero-order chi connectivity index (χ0) is 24.4. The van der Waals surface area contributed by atoms with E-state index in [1.54, 1.807) is 24.3 Å². The molecule has 2 aromatic carbocycles. The maximum Gasteiger partial charge on any atom is 0.331 e. The number of fused-ring (bicyclic) bond motifs is 1. The highest BCUT2D eigenvalue weighted by Gasteiger charge is 2.36.